The van der Waals surface area contributed by atoms with Crippen LogP contribution in [0.2, 0.25) is 0 Å². The Kier molecular flexibility index (Phi) is 4.71. The van der Waals surface area contributed by atoms with Gasteiger partial charge in [-0.3, -0.25) is 4.79 Å². The number of hydrogen-bond donors (Lipinski definition) is 1. The van der Waals surface area contributed by atoms with E-state index in [0.717, 1.165) is 10.0 Å². The summed E-state index contributed by atoms with van der Waals surface area (Å²) < 4.78 is 0.853. The van der Waals surface area contributed by atoms with Gasteiger partial charge in [0.2, 0.25) is 0 Å². The highest BCUT2D eigenvalue weighted by atomic mass is 79.9. The van der Waals surface area contributed by atoms with Crippen molar-refractivity contribution in [1.29, 1.82) is 5.26 Å². The third-order valence-electron chi connectivity index (χ3n) is 2.54. The predicted molar refractivity (Wildman–Crippen MR) is 70.6 cm³/mol. The number of amides is 1. The molecule has 1 atom stereocenters. The monoisotopic (exact) mass is 294 g/mol. The molecule has 17 heavy (non-hydrogen) atoms. The fourth-order valence-electron chi connectivity index (χ4n) is 1.41. The fraction of sp³-hybridized carbons (Fsp3) is 0.385. The average molecular weight is 295 g/mol. The van der Waals surface area contributed by atoms with E-state index >= 15 is 0 Å². The number of rotatable bonds is 3. The number of benzene rings is 1. The van der Waals surface area contributed by atoms with Crippen LogP contribution in [0.25, 0.3) is 0 Å². The molecule has 0 aliphatic heterocycles. The van der Waals surface area contributed by atoms with Crippen molar-refractivity contribution in [2.45, 2.75) is 26.8 Å². The lowest BCUT2D eigenvalue weighted by Crippen LogP contribution is -2.37. The Labute approximate surface area is 110 Å². The van der Waals surface area contributed by atoms with Crippen molar-refractivity contribution in [2.24, 2.45) is 5.92 Å². The highest BCUT2D eigenvalue weighted by Gasteiger charge is 2.17. The normalized spacial score (nSPS) is 12.0. The maximum absolute atomic E-state index is 12.0. The molecule has 0 aliphatic carbocycles. The topological polar surface area (TPSA) is 52.9 Å². The minimum absolute atomic E-state index is 0.0939. The summed E-state index contributed by atoms with van der Waals surface area (Å²) in [6.45, 7) is 5.68. The zero-order valence-corrected chi connectivity index (χ0v) is 11.7. The molecule has 3 nitrogen and oxygen atoms in total. The van der Waals surface area contributed by atoms with Crippen LogP contribution in [0.3, 0.4) is 0 Å². The first kappa shape index (κ1) is 13.7. The molecule has 1 unspecified atom stereocenters. The largest absolute Gasteiger partial charge is 0.336 e. The van der Waals surface area contributed by atoms with E-state index in [4.69, 9.17) is 5.26 Å². The number of halogens is 1. The van der Waals surface area contributed by atoms with Crippen molar-refractivity contribution < 1.29 is 4.79 Å². The van der Waals surface area contributed by atoms with Gasteiger partial charge in [0.05, 0.1) is 6.07 Å². The number of nitrogens with zero attached hydrogens (tertiary/aromatic N) is 1. The van der Waals surface area contributed by atoms with Gasteiger partial charge in [0, 0.05) is 10.0 Å². The molecule has 90 valence electrons. The van der Waals surface area contributed by atoms with Crippen LogP contribution in [0, 0.1) is 24.2 Å². The van der Waals surface area contributed by atoms with Crippen molar-refractivity contribution in [3.05, 3.63) is 33.8 Å². The van der Waals surface area contributed by atoms with E-state index in [1.54, 1.807) is 6.07 Å². The van der Waals surface area contributed by atoms with Gasteiger partial charge in [-0.25, -0.2) is 0 Å². The molecule has 1 amide bonds. The second-order valence-electron chi connectivity index (χ2n) is 4.28. The van der Waals surface area contributed by atoms with Crippen LogP contribution < -0.4 is 5.32 Å². The molecule has 1 rings (SSSR count). The van der Waals surface area contributed by atoms with E-state index < -0.39 is 6.04 Å². The number of nitriles is 1. The molecule has 0 aliphatic rings. The van der Waals surface area contributed by atoms with Crippen LogP contribution in [0.15, 0.2) is 22.7 Å². The van der Waals surface area contributed by atoms with E-state index in [-0.39, 0.29) is 11.8 Å². The summed E-state index contributed by atoms with van der Waals surface area (Å²) in [5, 5.41) is 11.7. The SMILES string of the molecule is Cc1ccc(Br)cc1C(=O)NC(C#N)C(C)C. The van der Waals surface area contributed by atoms with E-state index in [0.29, 0.717) is 5.56 Å². The van der Waals surface area contributed by atoms with Crippen molar-refractivity contribution in [3.63, 3.8) is 0 Å². The molecular formula is C13H15BrN2O. The van der Waals surface area contributed by atoms with Gasteiger partial charge < -0.3 is 5.32 Å². The second kappa shape index (κ2) is 5.83. The van der Waals surface area contributed by atoms with E-state index in [2.05, 4.69) is 27.3 Å². The van der Waals surface area contributed by atoms with Gasteiger partial charge in [-0.2, -0.15) is 5.26 Å². The van der Waals surface area contributed by atoms with E-state index in [1.165, 1.54) is 0 Å². The van der Waals surface area contributed by atoms with E-state index in [9.17, 15) is 4.79 Å². The lowest BCUT2D eigenvalue weighted by molar-refractivity contribution is 0.0937. The Morgan fingerprint density at radius 3 is 2.65 bits per heavy atom. The van der Waals surface area contributed by atoms with Gasteiger partial charge in [0.25, 0.3) is 5.91 Å². The molecule has 0 radical (unpaired) electrons. The van der Waals surface area contributed by atoms with Crippen LogP contribution in [0.1, 0.15) is 29.8 Å². The molecular weight excluding hydrogens is 280 g/mol. The molecule has 0 saturated heterocycles. The minimum Gasteiger partial charge on any atom is -0.336 e. The van der Waals surface area contributed by atoms with Crippen LogP contribution in [-0.2, 0) is 0 Å². The van der Waals surface area contributed by atoms with Gasteiger partial charge in [-0.15, -0.1) is 0 Å². The Bertz CT molecular complexity index is 463. The van der Waals surface area contributed by atoms with Gasteiger partial charge in [-0.05, 0) is 30.5 Å². The molecule has 0 aromatic heterocycles. The summed E-state index contributed by atoms with van der Waals surface area (Å²) in [5.74, 6) is -0.111. The van der Waals surface area contributed by atoms with Crippen molar-refractivity contribution in [2.75, 3.05) is 0 Å². The Morgan fingerprint density at radius 2 is 2.12 bits per heavy atom. The van der Waals surface area contributed by atoms with Gasteiger partial charge in [-0.1, -0.05) is 35.8 Å². The molecule has 0 bridgehead atoms. The lowest BCUT2D eigenvalue weighted by Gasteiger charge is -2.15. The third kappa shape index (κ3) is 3.57. The highest BCUT2D eigenvalue weighted by Crippen LogP contribution is 2.16. The molecule has 1 aromatic carbocycles. The maximum atomic E-state index is 12.0. The number of carbonyl (C=O) groups is 1. The van der Waals surface area contributed by atoms with Crippen LogP contribution >= 0.6 is 15.9 Å². The third-order valence-corrected chi connectivity index (χ3v) is 3.03. The fourth-order valence-corrected chi connectivity index (χ4v) is 1.77. The van der Waals surface area contributed by atoms with Gasteiger partial charge in [0.1, 0.15) is 6.04 Å². The molecule has 0 fully saturated rings. The van der Waals surface area contributed by atoms with E-state index in [1.807, 2.05) is 32.9 Å². The zero-order chi connectivity index (χ0) is 13.0. The number of carbonyl (C=O) groups excluding carboxylic acids is 1. The predicted octanol–water partition coefficient (Wildman–Crippen LogP) is 3.04. The van der Waals surface area contributed by atoms with Crippen LogP contribution in [0.4, 0.5) is 0 Å². The Morgan fingerprint density at radius 1 is 1.47 bits per heavy atom. The first-order valence-electron chi connectivity index (χ1n) is 5.42. The average Bonchev–Trinajstić information content (AvgIpc) is 2.28. The molecule has 0 spiro atoms. The molecule has 4 heteroatoms. The summed E-state index contributed by atoms with van der Waals surface area (Å²) in [6, 6.07) is 7.15. The number of aryl methyl sites for hydroxylation is 1. The summed E-state index contributed by atoms with van der Waals surface area (Å²) in [4.78, 5) is 12.0. The summed E-state index contributed by atoms with van der Waals surface area (Å²) in [6.07, 6.45) is 0. The first-order chi connectivity index (χ1) is 7.95. The van der Waals surface area contributed by atoms with Crippen LogP contribution in [0.5, 0.6) is 0 Å². The summed E-state index contributed by atoms with van der Waals surface area (Å²) >= 11 is 3.33. The van der Waals surface area contributed by atoms with Gasteiger partial charge in [0.15, 0.2) is 0 Å². The summed E-state index contributed by atoms with van der Waals surface area (Å²) in [5.41, 5.74) is 1.49. The van der Waals surface area contributed by atoms with Crippen molar-refractivity contribution in [3.8, 4) is 6.07 Å². The lowest BCUT2D eigenvalue weighted by atomic mass is 10.0. The minimum atomic E-state index is -0.458. The Hall–Kier alpha value is -1.34. The zero-order valence-electron chi connectivity index (χ0n) is 10.1. The number of nitrogens with one attached hydrogen (secondary N) is 1. The molecule has 0 heterocycles. The molecule has 1 N–H and O–H groups in total. The smallest absolute Gasteiger partial charge is 0.252 e. The van der Waals surface area contributed by atoms with Crippen molar-refractivity contribution >= 4 is 21.8 Å². The highest BCUT2D eigenvalue weighted by molar-refractivity contribution is 9.10. The van der Waals surface area contributed by atoms with Crippen LogP contribution in [-0.4, -0.2) is 11.9 Å². The first-order valence-corrected chi connectivity index (χ1v) is 6.21. The molecule has 0 saturated carbocycles. The number of hydrogen-bond acceptors (Lipinski definition) is 2. The second-order valence-corrected chi connectivity index (χ2v) is 5.20. The summed E-state index contributed by atoms with van der Waals surface area (Å²) in [7, 11) is 0. The molecule has 1 aromatic rings. The standard InChI is InChI=1S/C13H15BrN2O/c1-8(2)12(7-15)16-13(17)11-6-10(14)5-4-9(11)3/h4-6,8,12H,1-3H3,(H,16,17). The maximum Gasteiger partial charge on any atom is 0.252 e. The van der Waals surface area contributed by atoms with Crippen molar-refractivity contribution in [1.82, 2.24) is 5.32 Å². The quantitative estimate of drug-likeness (QED) is 0.931. The van der Waals surface area contributed by atoms with Gasteiger partial charge >= 0.3 is 0 Å². The Balaban J connectivity index is 2.90.